The van der Waals surface area contributed by atoms with Gasteiger partial charge in [0.2, 0.25) is 5.95 Å². The smallest absolute Gasteiger partial charge is 0.415 e. The fourth-order valence-electron chi connectivity index (χ4n) is 3.14. The van der Waals surface area contributed by atoms with Crippen molar-refractivity contribution in [1.29, 1.82) is 0 Å². The van der Waals surface area contributed by atoms with Gasteiger partial charge in [-0.3, -0.25) is 4.90 Å². The molecule has 1 saturated heterocycles. The van der Waals surface area contributed by atoms with Crippen LogP contribution in [0.1, 0.15) is 44.9 Å². The van der Waals surface area contributed by atoms with Gasteiger partial charge in [0.15, 0.2) is 0 Å². The lowest BCUT2D eigenvalue weighted by molar-refractivity contribution is 0.177. The van der Waals surface area contributed by atoms with E-state index in [0.717, 1.165) is 22.6 Å². The SMILES string of the molecule is CCc1ccc([C@H](C)Nc2nccc(N3C(=O)OC[C@@H]3C(C)C)n2)cc1Cl. The van der Waals surface area contributed by atoms with Gasteiger partial charge in [0.1, 0.15) is 12.4 Å². The molecule has 0 aliphatic carbocycles. The Labute approximate surface area is 164 Å². The lowest BCUT2D eigenvalue weighted by Crippen LogP contribution is -2.37. The van der Waals surface area contributed by atoms with Crippen LogP contribution in [0, 0.1) is 5.92 Å². The van der Waals surface area contributed by atoms with E-state index in [1.54, 1.807) is 17.2 Å². The van der Waals surface area contributed by atoms with E-state index in [1.807, 2.05) is 19.1 Å². The van der Waals surface area contributed by atoms with Gasteiger partial charge in [-0.2, -0.15) is 4.98 Å². The van der Waals surface area contributed by atoms with Crippen molar-refractivity contribution in [3.05, 3.63) is 46.6 Å². The first-order valence-corrected chi connectivity index (χ1v) is 9.62. The molecule has 1 aliphatic heterocycles. The van der Waals surface area contributed by atoms with Gasteiger partial charge >= 0.3 is 6.09 Å². The number of benzene rings is 1. The summed E-state index contributed by atoms with van der Waals surface area (Å²) in [6.45, 7) is 8.60. The molecular weight excluding hydrogens is 364 g/mol. The fraction of sp³-hybridized carbons (Fsp3) is 0.450. The average Bonchev–Trinajstić information content (AvgIpc) is 3.03. The second kappa shape index (κ2) is 8.13. The van der Waals surface area contributed by atoms with Crippen molar-refractivity contribution in [3.8, 4) is 0 Å². The standard InChI is InChI=1S/C20H25ClN4O2/c1-5-14-6-7-15(10-16(14)21)13(4)23-19-22-9-8-18(24-19)25-17(12(2)3)11-27-20(25)26/h6-10,12-13,17H,5,11H2,1-4H3,(H,22,23,24)/t13-,17+/m0/s1. The van der Waals surface area contributed by atoms with E-state index in [2.05, 4.69) is 42.1 Å². The third kappa shape index (κ3) is 4.16. The molecule has 1 aromatic heterocycles. The number of aryl methyl sites for hydroxylation is 1. The number of hydrogen-bond donors (Lipinski definition) is 1. The summed E-state index contributed by atoms with van der Waals surface area (Å²) in [5.41, 5.74) is 2.17. The van der Waals surface area contributed by atoms with Crippen LogP contribution in [-0.4, -0.2) is 28.7 Å². The van der Waals surface area contributed by atoms with Crippen LogP contribution in [0.5, 0.6) is 0 Å². The minimum absolute atomic E-state index is 0.0296. The zero-order valence-electron chi connectivity index (χ0n) is 16.1. The van der Waals surface area contributed by atoms with Crippen molar-refractivity contribution in [2.45, 2.75) is 46.2 Å². The van der Waals surface area contributed by atoms with E-state index in [-0.39, 0.29) is 24.1 Å². The molecule has 27 heavy (non-hydrogen) atoms. The van der Waals surface area contributed by atoms with Gasteiger partial charge in [-0.25, -0.2) is 9.78 Å². The summed E-state index contributed by atoms with van der Waals surface area (Å²) in [7, 11) is 0. The third-order valence-electron chi connectivity index (χ3n) is 4.87. The molecule has 1 fully saturated rings. The number of hydrogen-bond acceptors (Lipinski definition) is 5. The second-order valence-electron chi connectivity index (χ2n) is 7.07. The van der Waals surface area contributed by atoms with Crippen molar-refractivity contribution >= 4 is 29.5 Å². The molecule has 2 heterocycles. The molecule has 2 atom stereocenters. The lowest BCUT2D eigenvalue weighted by atomic mass is 10.0. The molecule has 7 heteroatoms. The quantitative estimate of drug-likeness (QED) is 0.766. The monoisotopic (exact) mass is 388 g/mol. The van der Waals surface area contributed by atoms with E-state index in [9.17, 15) is 4.79 Å². The Hall–Kier alpha value is -2.34. The molecule has 3 rings (SSSR count). The molecule has 1 N–H and O–H groups in total. The van der Waals surface area contributed by atoms with Crippen molar-refractivity contribution in [2.75, 3.05) is 16.8 Å². The third-order valence-corrected chi connectivity index (χ3v) is 5.22. The van der Waals surface area contributed by atoms with Gasteiger partial charge in [-0.15, -0.1) is 0 Å². The van der Waals surface area contributed by atoms with E-state index < -0.39 is 0 Å². The number of aromatic nitrogens is 2. The highest BCUT2D eigenvalue weighted by Gasteiger charge is 2.37. The van der Waals surface area contributed by atoms with E-state index in [4.69, 9.17) is 16.3 Å². The number of halogens is 1. The summed E-state index contributed by atoms with van der Waals surface area (Å²) in [6.07, 6.45) is 2.18. The van der Waals surface area contributed by atoms with Crippen LogP contribution < -0.4 is 10.2 Å². The van der Waals surface area contributed by atoms with Crippen molar-refractivity contribution < 1.29 is 9.53 Å². The maximum Gasteiger partial charge on any atom is 0.415 e. The number of carbonyl (C=O) groups excluding carboxylic acids is 1. The van der Waals surface area contributed by atoms with Crippen molar-refractivity contribution in [2.24, 2.45) is 5.92 Å². The van der Waals surface area contributed by atoms with Crippen molar-refractivity contribution in [3.63, 3.8) is 0 Å². The van der Waals surface area contributed by atoms with Crippen molar-refractivity contribution in [1.82, 2.24) is 9.97 Å². The summed E-state index contributed by atoms with van der Waals surface area (Å²) < 4.78 is 5.21. The lowest BCUT2D eigenvalue weighted by Gasteiger charge is -2.24. The number of nitrogens with zero attached hydrogens (tertiary/aromatic N) is 3. The first kappa shape index (κ1) is 19.4. The predicted molar refractivity (Wildman–Crippen MR) is 107 cm³/mol. The summed E-state index contributed by atoms with van der Waals surface area (Å²) in [6, 6.07) is 7.73. The van der Waals surface area contributed by atoms with E-state index >= 15 is 0 Å². The van der Waals surface area contributed by atoms with Crippen LogP contribution >= 0.6 is 11.6 Å². The normalized spacial score (nSPS) is 17.9. The predicted octanol–water partition coefficient (Wildman–Crippen LogP) is 4.85. The summed E-state index contributed by atoms with van der Waals surface area (Å²) in [4.78, 5) is 22.6. The molecule has 1 aliphatic rings. The Morgan fingerprint density at radius 3 is 2.78 bits per heavy atom. The zero-order chi connectivity index (χ0) is 19.6. The summed E-state index contributed by atoms with van der Waals surface area (Å²) in [5, 5.41) is 4.05. The Morgan fingerprint density at radius 2 is 2.11 bits per heavy atom. The Bertz CT molecular complexity index is 827. The maximum absolute atomic E-state index is 12.2. The number of carbonyl (C=O) groups is 1. The number of amides is 1. The summed E-state index contributed by atoms with van der Waals surface area (Å²) in [5.74, 6) is 1.26. The molecule has 0 saturated carbocycles. The van der Waals surface area contributed by atoms with Gasteiger partial charge in [0, 0.05) is 11.2 Å². The van der Waals surface area contributed by atoms with Crippen LogP contribution in [-0.2, 0) is 11.2 Å². The molecule has 2 aromatic rings. The topological polar surface area (TPSA) is 67.4 Å². The highest BCUT2D eigenvalue weighted by Crippen LogP contribution is 2.27. The van der Waals surface area contributed by atoms with Gasteiger partial charge in [-0.05, 0) is 42.5 Å². The molecule has 144 valence electrons. The first-order valence-electron chi connectivity index (χ1n) is 9.24. The molecule has 0 bridgehead atoms. The largest absolute Gasteiger partial charge is 0.447 e. The minimum atomic E-state index is -0.367. The maximum atomic E-state index is 12.2. The van der Waals surface area contributed by atoms with Crippen LogP contribution in [0.3, 0.4) is 0 Å². The molecule has 1 amide bonds. The molecule has 0 unspecified atom stereocenters. The van der Waals surface area contributed by atoms with E-state index in [0.29, 0.717) is 18.4 Å². The van der Waals surface area contributed by atoms with Gasteiger partial charge < -0.3 is 10.1 Å². The molecule has 0 spiro atoms. The molecule has 6 nitrogen and oxygen atoms in total. The van der Waals surface area contributed by atoms with Crippen LogP contribution in [0.25, 0.3) is 0 Å². The second-order valence-corrected chi connectivity index (χ2v) is 7.47. The first-order chi connectivity index (χ1) is 12.9. The number of anilines is 2. The Kier molecular flexibility index (Phi) is 5.85. The number of cyclic esters (lactones) is 1. The fourth-order valence-corrected chi connectivity index (χ4v) is 3.46. The van der Waals surface area contributed by atoms with Gasteiger partial charge in [-0.1, -0.05) is 44.5 Å². The Balaban J connectivity index is 1.79. The zero-order valence-corrected chi connectivity index (χ0v) is 16.8. The van der Waals surface area contributed by atoms with Gasteiger partial charge in [0.05, 0.1) is 12.1 Å². The van der Waals surface area contributed by atoms with Gasteiger partial charge in [0.25, 0.3) is 0 Å². The Morgan fingerprint density at radius 1 is 1.33 bits per heavy atom. The number of ether oxygens (including phenoxy) is 1. The summed E-state index contributed by atoms with van der Waals surface area (Å²) >= 11 is 6.33. The minimum Gasteiger partial charge on any atom is -0.447 e. The van der Waals surface area contributed by atoms with Crippen LogP contribution in [0.4, 0.5) is 16.6 Å². The average molecular weight is 389 g/mol. The van der Waals surface area contributed by atoms with Crippen LogP contribution in [0.2, 0.25) is 5.02 Å². The number of nitrogens with one attached hydrogen (secondary N) is 1. The molecule has 0 radical (unpaired) electrons. The highest BCUT2D eigenvalue weighted by molar-refractivity contribution is 6.31. The number of rotatable bonds is 6. The molecular formula is C20H25ClN4O2. The van der Waals surface area contributed by atoms with E-state index in [1.165, 1.54) is 0 Å². The highest BCUT2D eigenvalue weighted by atomic mass is 35.5. The molecule has 1 aromatic carbocycles. The van der Waals surface area contributed by atoms with Crippen LogP contribution in [0.15, 0.2) is 30.5 Å².